The number of carbonyl (C=O) groups is 1. The second-order valence-electron chi connectivity index (χ2n) is 6.78. The number of anilines is 1. The molecule has 1 N–H and O–H groups in total. The highest BCUT2D eigenvalue weighted by atomic mass is 35.5. The lowest BCUT2D eigenvalue weighted by atomic mass is 10.2. The molecular formula is C23H16ClFN2O4S2. The maximum atomic E-state index is 13.3. The number of amides is 1. The molecular weight excluding hydrogens is 487 g/mol. The summed E-state index contributed by atoms with van der Waals surface area (Å²) in [4.78, 5) is 16.6. The van der Waals surface area contributed by atoms with E-state index in [4.69, 9.17) is 16.0 Å². The van der Waals surface area contributed by atoms with Crippen LogP contribution >= 0.6 is 23.4 Å². The van der Waals surface area contributed by atoms with E-state index in [2.05, 4.69) is 10.3 Å². The Hall–Kier alpha value is -3.14. The van der Waals surface area contributed by atoms with E-state index in [1.54, 1.807) is 24.3 Å². The van der Waals surface area contributed by atoms with Crippen LogP contribution in [0.1, 0.15) is 0 Å². The van der Waals surface area contributed by atoms with Gasteiger partial charge in [0.15, 0.2) is 0 Å². The molecule has 10 heteroatoms. The molecule has 33 heavy (non-hydrogen) atoms. The number of carbonyl (C=O) groups excluding carboxylic acids is 1. The SMILES string of the molecule is O=C(CSc1oc(-c2ccccc2)nc1S(=O)(=O)c1ccc(Cl)cc1)Nc1ccc(F)cc1. The molecule has 0 fully saturated rings. The van der Waals surface area contributed by atoms with E-state index < -0.39 is 21.6 Å². The number of sulfone groups is 1. The Morgan fingerprint density at radius 1 is 1.00 bits per heavy atom. The fraction of sp³-hybridized carbons (Fsp3) is 0.0435. The minimum absolute atomic E-state index is 0.00238. The molecule has 0 spiro atoms. The normalized spacial score (nSPS) is 11.3. The Balaban J connectivity index is 1.63. The van der Waals surface area contributed by atoms with Crippen molar-refractivity contribution in [2.45, 2.75) is 15.0 Å². The molecule has 0 atom stereocenters. The zero-order valence-corrected chi connectivity index (χ0v) is 19.3. The van der Waals surface area contributed by atoms with Gasteiger partial charge in [-0.15, -0.1) is 0 Å². The quantitative estimate of drug-likeness (QED) is 0.326. The zero-order chi connectivity index (χ0) is 23.4. The van der Waals surface area contributed by atoms with Crippen molar-refractivity contribution in [3.8, 4) is 11.5 Å². The van der Waals surface area contributed by atoms with Crippen molar-refractivity contribution in [2.75, 3.05) is 11.1 Å². The van der Waals surface area contributed by atoms with Crippen molar-refractivity contribution < 1.29 is 22.0 Å². The number of aromatic nitrogens is 1. The molecule has 168 valence electrons. The third-order valence-corrected chi connectivity index (χ3v) is 7.43. The van der Waals surface area contributed by atoms with Gasteiger partial charge in [-0.3, -0.25) is 4.79 Å². The first kappa shape index (κ1) is 23.0. The van der Waals surface area contributed by atoms with E-state index in [0.717, 1.165) is 11.8 Å². The lowest BCUT2D eigenvalue weighted by molar-refractivity contribution is -0.113. The molecule has 4 aromatic rings. The molecule has 1 amide bonds. The monoisotopic (exact) mass is 502 g/mol. The number of thioether (sulfide) groups is 1. The smallest absolute Gasteiger partial charge is 0.234 e. The summed E-state index contributed by atoms with van der Waals surface area (Å²) in [5, 5.41) is 2.71. The molecule has 0 aliphatic heterocycles. The number of hydrogen-bond donors (Lipinski definition) is 1. The maximum Gasteiger partial charge on any atom is 0.234 e. The second kappa shape index (κ2) is 9.78. The van der Waals surface area contributed by atoms with Gasteiger partial charge in [0.25, 0.3) is 0 Å². The summed E-state index contributed by atoms with van der Waals surface area (Å²) in [7, 11) is -4.04. The van der Waals surface area contributed by atoms with Crippen LogP contribution < -0.4 is 5.32 Å². The highest BCUT2D eigenvalue weighted by Gasteiger charge is 2.29. The Morgan fingerprint density at radius 3 is 2.33 bits per heavy atom. The first-order valence-corrected chi connectivity index (χ1v) is 12.4. The van der Waals surface area contributed by atoms with Gasteiger partial charge in [0.2, 0.25) is 31.8 Å². The summed E-state index contributed by atoms with van der Waals surface area (Å²) < 4.78 is 45.3. The molecule has 3 aromatic carbocycles. The lowest BCUT2D eigenvalue weighted by Crippen LogP contribution is -2.14. The van der Waals surface area contributed by atoms with Crippen molar-refractivity contribution >= 4 is 44.8 Å². The van der Waals surface area contributed by atoms with Crippen LogP contribution in [0.5, 0.6) is 0 Å². The van der Waals surface area contributed by atoms with E-state index in [0.29, 0.717) is 16.3 Å². The predicted molar refractivity (Wildman–Crippen MR) is 125 cm³/mol. The Bertz CT molecular complexity index is 1370. The van der Waals surface area contributed by atoms with Gasteiger partial charge in [-0.25, -0.2) is 12.8 Å². The average molecular weight is 503 g/mol. The van der Waals surface area contributed by atoms with Gasteiger partial charge < -0.3 is 9.73 Å². The summed E-state index contributed by atoms with van der Waals surface area (Å²) in [6.45, 7) is 0. The fourth-order valence-electron chi connectivity index (χ4n) is 2.84. The molecule has 0 bridgehead atoms. The van der Waals surface area contributed by atoms with Crippen molar-refractivity contribution in [1.82, 2.24) is 4.98 Å². The zero-order valence-electron chi connectivity index (χ0n) is 16.9. The Kier molecular flexibility index (Phi) is 6.83. The Labute approximate surface area is 198 Å². The topological polar surface area (TPSA) is 89.3 Å². The van der Waals surface area contributed by atoms with Crippen LogP contribution in [0, 0.1) is 5.82 Å². The van der Waals surface area contributed by atoms with E-state index in [1.807, 2.05) is 6.07 Å². The standard InChI is InChI=1S/C23H16ClFN2O4S2/c24-16-6-12-19(13-7-16)33(29,30)22-23(31-21(27-22)15-4-2-1-3-5-15)32-14-20(28)26-18-10-8-17(25)9-11-18/h1-13H,14H2,(H,26,28). The molecule has 1 aromatic heterocycles. The van der Waals surface area contributed by atoms with E-state index in [1.165, 1.54) is 48.5 Å². The van der Waals surface area contributed by atoms with Gasteiger partial charge >= 0.3 is 0 Å². The first-order valence-electron chi connectivity index (χ1n) is 9.58. The molecule has 0 aliphatic carbocycles. The molecule has 6 nitrogen and oxygen atoms in total. The highest BCUT2D eigenvalue weighted by molar-refractivity contribution is 8.00. The van der Waals surface area contributed by atoms with E-state index in [-0.39, 0.29) is 26.7 Å². The molecule has 0 radical (unpaired) electrons. The predicted octanol–water partition coefficient (Wildman–Crippen LogP) is 5.70. The van der Waals surface area contributed by atoms with Gasteiger partial charge in [0, 0.05) is 16.3 Å². The van der Waals surface area contributed by atoms with Crippen molar-refractivity contribution in [3.05, 3.63) is 89.7 Å². The number of rotatable bonds is 7. The summed E-state index contributed by atoms with van der Waals surface area (Å²) in [6.07, 6.45) is 0. The number of nitrogens with zero attached hydrogens (tertiary/aromatic N) is 1. The minimum Gasteiger partial charge on any atom is -0.428 e. The van der Waals surface area contributed by atoms with E-state index >= 15 is 0 Å². The molecule has 0 saturated carbocycles. The highest BCUT2D eigenvalue weighted by Crippen LogP contribution is 2.35. The number of oxazole rings is 1. The third-order valence-electron chi connectivity index (χ3n) is 4.43. The summed E-state index contributed by atoms with van der Waals surface area (Å²) in [5.74, 6) is -0.873. The average Bonchev–Trinajstić information content (AvgIpc) is 3.25. The van der Waals surface area contributed by atoms with Gasteiger partial charge in [0.05, 0.1) is 10.6 Å². The molecule has 0 unspecified atom stereocenters. The molecule has 4 rings (SSSR count). The number of hydrogen-bond acceptors (Lipinski definition) is 6. The Morgan fingerprint density at radius 2 is 1.67 bits per heavy atom. The van der Waals surface area contributed by atoms with Gasteiger partial charge in [-0.2, -0.15) is 4.98 Å². The van der Waals surface area contributed by atoms with Crippen LogP contribution in [0.3, 0.4) is 0 Å². The largest absolute Gasteiger partial charge is 0.428 e. The summed E-state index contributed by atoms with van der Waals surface area (Å²) in [6, 6.07) is 19.8. The number of nitrogens with one attached hydrogen (secondary N) is 1. The van der Waals surface area contributed by atoms with Crippen molar-refractivity contribution in [3.63, 3.8) is 0 Å². The maximum absolute atomic E-state index is 13.3. The van der Waals surface area contributed by atoms with Crippen LogP contribution in [-0.2, 0) is 14.6 Å². The summed E-state index contributed by atoms with van der Waals surface area (Å²) >= 11 is 6.78. The minimum atomic E-state index is -4.04. The lowest BCUT2D eigenvalue weighted by Gasteiger charge is -2.05. The second-order valence-corrected chi connectivity index (χ2v) is 10.0. The third kappa shape index (κ3) is 5.44. The van der Waals surface area contributed by atoms with E-state index in [9.17, 15) is 17.6 Å². The van der Waals surface area contributed by atoms with Crippen LogP contribution in [-0.4, -0.2) is 25.1 Å². The van der Waals surface area contributed by atoms with Crippen LogP contribution in [0.25, 0.3) is 11.5 Å². The van der Waals surface area contributed by atoms with Crippen LogP contribution in [0.4, 0.5) is 10.1 Å². The molecule has 0 saturated heterocycles. The van der Waals surface area contributed by atoms with Crippen molar-refractivity contribution in [2.24, 2.45) is 0 Å². The number of halogens is 2. The van der Waals surface area contributed by atoms with Crippen LogP contribution in [0.2, 0.25) is 5.02 Å². The summed E-state index contributed by atoms with van der Waals surface area (Å²) in [5.41, 5.74) is 1.01. The van der Waals surface area contributed by atoms with Gasteiger partial charge in [0.1, 0.15) is 5.82 Å². The van der Waals surface area contributed by atoms with Gasteiger partial charge in [-0.1, -0.05) is 41.6 Å². The van der Waals surface area contributed by atoms with Crippen molar-refractivity contribution in [1.29, 1.82) is 0 Å². The van der Waals surface area contributed by atoms with Crippen LogP contribution in [0.15, 0.2) is 98.3 Å². The van der Waals surface area contributed by atoms with Gasteiger partial charge in [-0.05, 0) is 60.7 Å². The fourth-order valence-corrected chi connectivity index (χ4v) is 5.30. The molecule has 1 heterocycles. The molecule has 0 aliphatic rings. The first-order chi connectivity index (χ1) is 15.8. The number of benzene rings is 3.